The van der Waals surface area contributed by atoms with Crippen LogP contribution in [0.1, 0.15) is 27.7 Å². The lowest BCUT2D eigenvalue weighted by Crippen LogP contribution is -2.26. The Labute approximate surface area is 130 Å². The number of aliphatic carboxylic acids is 1. The number of carboxylic acid groups (broad SMARTS) is 1. The summed E-state index contributed by atoms with van der Waals surface area (Å²) >= 11 is 2.40. The predicted molar refractivity (Wildman–Crippen MR) is 81.2 cm³/mol. The number of carbonyl (C=O) groups is 1. The molecule has 0 saturated carbocycles. The summed E-state index contributed by atoms with van der Waals surface area (Å²) in [6.45, 7) is 3.63. The maximum Gasteiger partial charge on any atom is 0.308 e. The third kappa shape index (κ3) is 4.10. The molecule has 6 nitrogen and oxygen atoms in total. The Balaban J connectivity index is 2.14. The minimum absolute atomic E-state index is 0.110. The van der Waals surface area contributed by atoms with E-state index in [-0.39, 0.29) is 10.6 Å². The third-order valence-electron chi connectivity index (χ3n) is 2.57. The van der Waals surface area contributed by atoms with E-state index >= 15 is 0 Å². The number of aryl methyl sites for hydroxylation is 1. The van der Waals surface area contributed by atoms with Crippen LogP contribution in [0.25, 0.3) is 0 Å². The number of aromatic nitrogens is 1. The van der Waals surface area contributed by atoms with Crippen molar-refractivity contribution in [1.82, 2.24) is 9.71 Å². The number of thiophene rings is 1. The van der Waals surface area contributed by atoms with Crippen molar-refractivity contribution in [2.75, 3.05) is 0 Å². The first-order valence-electron chi connectivity index (χ1n) is 6.03. The molecule has 0 saturated heterocycles. The number of hydrogen-bond donors (Lipinski definition) is 2. The molecule has 0 aliphatic rings. The van der Waals surface area contributed by atoms with Crippen molar-refractivity contribution in [2.24, 2.45) is 0 Å². The largest absolute Gasteiger partial charge is 0.481 e. The molecule has 21 heavy (non-hydrogen) atoms. The molecule has 2 rings (SSSR count). The summed E-state index contributed by atoms with van der Waals surface area (Å²) in [5.74, 6) is -0.986. The molecule has 2 heterocycles. The predicted octanol–water partition coefficient (Wildman–Crippen LogP) is 2.18. The summed E-state index contributed by atoms with van der Waals surface area (Å²) < 4.78 is 27.2. The fraction of sp³-hybridized carbons (Fsp3) is 0.333. The molecule has 2 aromatic rings. The zero-order valence-electron chi connectivity index (χ0n) is 11.4. The summed E-state index contributed by atoms with van der Waals surface area (Å²) in [5.41, 5.74) is 0. The molecule has 0 spiro atoms. The Morgan fingerprint density at radius 1 is 1.43 bits per heavy atom. The standard InChI is InChI=1S/C12H14N2O4S3/c1-7-6-13-12(19-7)8(2)14-21(17,18)11-4-3-9(20-11)5-10(15)16/h3-4,6,8,14H,5H2,1-2H3,(H,15,16). The third-order valence-corrected chi connectivity index (χ3v) is 6.78. The molecule has 9 heteroatoms. The smallest absolute Gasteiger partial charge is 0.308 e. The van der Waals surface area contributed by atoms with E-state index in [1.807, 2.05) is 6.92 Å². The minimum Gasteiger partial charge on any atom is -0.481 e. The topological polar surface area (TPSA) is 96.4 Å². The number of hydrogen-bond acceptors (Lipinski definition) is 6. The lowest BCUT2D eigenvalue weighted by Gasteiger charge is -2.10. The van der Waals surface area contributed by atoms with Crippen molar-refractivity contribution in [2.45, 2.75) is 30.5 Å². The van der Waals surface area contributed by atoms with Crippen molar-refractivity contribution in [3.05, 3.63) is 33.1 Å². The summed E-state index contributed by atoms with van der Waals surface area (Å²) in [4.78, 5) is 16.3. The van der Waals surface area contributed by atoms with E-state index in [1.165, 1.54) is 23.5 Å². The lowest BCUT2D eigenvalue weighted by molar-refractivity contribution is -0.136. The van der Waals surface area contributed by atoms with Crippen LogP contribution in [-0.4, -0.2) is 24.5 Å². The van der Waals surface area contributed by atoms with E-state index in [1.54, 1.807) is 13.1 Å². The summed E-state index contributed by atoms with van der Waals surface area (Å²) in [6.07, 6.45) is 1.52. The fourth-order valence-electron chi connectivity index (χ4n) is 1.66. The van der Waals surface area contributed by atoms with Crippen LogP contribution in [0.2, 0.25) is 0 Å². The average molecular weight is 346 g/mol. The van der Waals surface area contributed by atoms with Crippen molar-refractivity contribution in [3.63, 3.8) is 0 Å². The highest BCUT2D eigenvalue weighted by atomic mass is 32.2. The fourth-order valence-corrected chi connectivity index (χ4v) is 5.08. The maximum atomic E-state index is 12.3. The number of nitrogens with zero attached hydrogens (tertiary/aromatic N) is 1. The van der Waals surface area contributed by atoms with Gasteiger partial charge in [0.1, 0.15) is 9.22 Å². The number of thiazole rings is 1. The van der Waals surface area contributed by atoms with Crippen LogP contribution in [-0.2, 0) is 21.2 Å². The van der Waals surface area contributed by atoms with Crippen molar-refractivity contribution < 1.29 is 18.3 Å². The van der Waals surface area contributed by atoms with Gasteiger partial charge in [0.25, 0.3) is 10.0 Å². The number of rotatable bonds is 6. The van der Waals surface area contributed by atoms with Gasteiger partial charge in [0.15, 0.2) is 0 Å². The van der Waals surface area contributed by atoms with E-state index < -0.39 is 22.0 Å². The molecule has 1 atom stereocenters. The van der Waals surface area contributed by atoms with E-state index in [0.717, 1.165) is 16.2 Å². The van der Waals surface area contributed by atoms with Gasteiger partial charge in [0, 0.05) is 16.0 Å². The molecular formula is C12H14N2O4S3. The molecule has 2 aromatic heterocycles. The zero-order chi connectivity index (χ0) is 15.6. The Hall–Kier alpha value is -1.29. The molecule has 0 radical (unpaired) electrons. The zero-order valence-corrected chi connectivity index (χ0v) is 13.8. The van der Waals surface area contributed by atoms with Crippen molar-refractivity contribution in [1.29, 1.82) is 0 Å². The lowest BCUT2D eigenvalue weighted by atomic mass is 10.3. The molecule has 2 N–H and O–H groups in total. The van der Waals surface area contributed by atoms with Gasteiger partial charge in [-0.3, -0.25) is 4.79 Å². The van der Waals surface area contributed by atoms with Gasteiger partial charge in [0.2, 0.25) is 0 Å². The van der Waals surface area contributed by atoms with Gasteiger partial charge in [-0.15, -0.1) is 22.7 Å². The molecule has 0 fully saturated rings. The first-order chi connectivity index (χ1) is 9.78. The molecule has 0 bridgehead atoms. The van der Waals surface area contributed by atoms with Gasteiger partial charge in [-0.25, -0.2) is 18.1 Å². The normalized spacial score (nSPS) is 13.2. The molecular weight excluding hydrogens is 332 g/mol. The monoisotopic (exact) mass is 346 g/mol. The van der Waals surface area contributed by atoms with E-state index in [0.29, 0.717) is 9.88 Å². The first-order valence-corrected chi connectivity index (χ1v) is 9.14. The first kappa shape index (κ1) is 16.1. The number of nitrogens with one attached hydrogen (secondary N) is 1. The van der Waals surface area contributed by atoms with Crippen LogP contribution < -0.4 is 4.72 Å². The molecule has 0 aromatic carbocycles. The van der Waals surface area contributed by atoms with Gasteiger partial charge in [-0.1, -0.05) is 0 Å². The van der Waals surface area contributed by atoms with Crippen molar-refractivity contribution in [3.8, 4) is 0 Å². The quantitative estimate of drug-likeness (QED) is 0.836. The molecule has 114 valence electrons. The summed E-state index contributed by atoms with van der Waals surface area (Å²) in [6, 6.07) is 2.51. The van der Waals surface area contributed by atoms with Crippen LogP contribution >= 0.6 is 22.7 Å². The van der Waals surface area contributed by atoms with Crippen LogP contribution in [0.4, 0.5) is 0 Å². The summed E-state index contributed by atoms with van der Waals surface area (Å²) in [7, 11) is -3.67. The highest BCUT2D eigenvalue weighted by Gasteiger charge is 2.22. The van der Waals surface area contributed by atoms with Crippen LogP contribution in [0, 0.1) is 6.92 Å². The van der Waals surface area contributed by atoms with Crippen LogP contribution in [0.3, 0.4) is 0 Å². The van der Waals surface area contributed by atoms with E-state index in [4.69, 9.17) is 5.11 Å². The molecule has 0 aliphatic carbocycles. The van der Waals surface area contributed by atoms with E-state index in [9.17, 15) is 13.2 Å². The van der Waals surface area contributed by atoms with Gasteiger partial charge in [0.05, 0.1) is 12.5 Å². The number of carboxylic acids is 1. The second-order valence-electron chi connectivity index (χ2n) is 4.44. The number of sulfonamides is 1. The Kier molecular flexibility index (Phi) is 4.77. The van der Waals surface area contributed by atoms with Crippen molar-refractivity contribution >= 4 is 38.7 Å². The van der Waals surface area contributed by atoms with E-state index in [2.05, 4.69) is 9.71 Å². The maximum absolute atomic E-state index is 12.3. The second-order valence-corrected chi connectivity index (χ2v) is 8.82. The van der Waals surface area contributed by atoms with Crippen LogP contribution in [0.5, 0.6) is 0 Å². The minimum atomic E-state index is -3.67. The molecule has 0 aliphatic heterocycles. The highest BCUT2D eigenvalue weighted by molar-refractivity contribution is 7.91. The molecule has 1 unspecified atom stereocenters. The Bertz CT molecular complexity index is 748. The second kappa shape index (κ2) is 6.22. The highest BCUT2D eigenvalue weighted by Crippen LogP contribution is 2.25. The Morgan fingerprint density at radius 3 is 2.71 bits per heavy atom. The Morgan fingerprint density at radius 2 is 2.14 bits per heavy atom. The van der Waals surface area contributed by atoms with Crippen LogP contribution in [0.15, 0.2) is 22.5 Å². The summed E-state index contributed by atoms with van der Waals surface area (Å²) in [5, 5.41) is 9.40. The van der Waals surface area contributed by atoms with Gasteiger partial charge < -0.3 is 5.11 Å². The van der Waals surface area contributed by atoms with Gasteiger partial charge >= 0.3 is 5.97 Å². The van der Waals surface area contributed by atoms with Gasteiger partial charge in [-0.05, 0) is 26.0 Å². The molecule has 0 amide bonds. The average Bonchev–Trinajstić information content (AvgIpc) is 2.97. The SMILES string of the molecule is Cc1cnc(C(C)NS(=O)(=O)c2ccc(CC(=O)O)s2)s1. The van der Waals surface area contributed by atoms with Gasteiger partial charge in [-0.2, -0.15) is 0 Å².